The molecule has 0 bridgehead atoms. The van der Waals surface area contributed by atoms with Crippen LogP contribution in [0.1, 0.15) is 39.4 Å². The second-order valence-electron chi connectivity index (χ2n) is 11.3. The summed E-state index contributed by atoms with van der Waals surface area (Å²) in [7, 11) is -4.21. The number of aromatic nitrogens is 5. The van der Waals surface area contributed by atoms with Gasteiger partial charge < -0.3 is 10.7 Å². The van der Waals surface area contributed by atoms with E-state index in [0.717, 1.165) is 32.0 Å². The number of nitrogens with two attached hydrogens (primary N) is 1. The number of nitrogen functional groups attached to an aromatic ring is 1. The summed E-state index contributed by atoms with van der Waals surface area (Å²) in [6.07, 6.45) is 0.957. The molecule has 1 aliphatic heterocycles. The predicted molar refractivity (Wildman–Crippen MR) is 166 cm³/mol. The number of carbonyl (C=O) groups excluding carboxylic acids is 1. The molecule has 1 fully saturated rings. The van der Waals surface area contributed by atoms with Crippen molar-refractivity contribution in [3.05, 3.63) is 101 Å². The maximum Gasteiger partial charge on any atom is 0.268 e. The van der Waals surface area contributed by atoms with Crippen molar-refractivity contribution < 1.29 is 17.6 Å². The van der Waals surface area contributed by atoms with Crippen LogP contribution in [0.4, 0.5) is 10.2 Å². The molecule has 4 heterocycles. The largest absolute Gasteiger partial charge is 0.383 e. The molecule has 6 aromatic rings. The van der Waals surface area contributed by atoms with E-state index < -0.39 is 22.0 Å². The van der Waals surface area contributed by atoms with E-state index in [4.69, 9.17) is 5.73 Å². The maximum atomic E-state index is 14.2. The van der Waals surface area contributed by atoms with Gasteiger partial charge in [-0.15, -0.1) is 0 Å². The average molecular weight is 612 g/mol. The predicted octanol–water partition coefficient (Wildman–Crippen LogP) is 4.91. The number of aromatic amines is 1. The third kappa shape index (κ3) is 4.76. The van der Waals surface area contributed by atoms with Gasteiger partial charge in [-0.3, -0.25) is 9.69 Å². The number of anilines is 1. The number of imidazole rings is 1. The Kier molecular flexibility index (Phi) is 6.63. The first-order chi connectivity index (χ1) is 21.1. The maximum absolute atomic E-state index is 14.2. The third-order valence-corrected chi connectivity index (χ3v) is 9.86. The number of hydrogen-bond donors (Lipinski definition) is 2. The molecule has 0 spiro atoms. The fraction of sp³-hybridized carbons (Fsp3) is 0.219. The smallest absolute Gasteiger partial charge is 0.268 e. The summed E-state index contributed by atoms with van der Waals surface area (Å²) < 4.78 is 44.8. The standard InChI is InChI=1S/C32H30FN7O3S/c1-19-3-8-25(9-4-19)44(42,43)40-29-13-21(17-38-12-11-23(33)18-38)5-6-22(29)14-30(40)31(41)26-16-35-39(32(26)34)24-7-10-27-28(15-24)37-20(2)36-27/h3-10,13-16,23H,11-12,17-18,34H2,1-2H3,(H,36,37). The van der Waals surface area contributed by atoms with Crippen molar-refractivity contribution in [2.24, 2.45) is 0 Å². The molecular weight excluding hydrogens is 581 g/mol. The van der Waals surface area contributed by atoms with Crippen LogP contribution in [0.15, 0.2) is 77.8 Å². The first-order valence-electron chi connectivity index (χ1n) is 14.3. The Morgan fingerprint density at radius 1 is 1.07 bits per heavy atom. The Morgan fingerprint density at radius 2 is 1.86 bits per heavy atom. The fourth-order valence-electron chi connectivity index (χ4n) is 5.87. The van der Waals surface area contributed by atoms with Gasteiger partial charge >= 0.3 is 0 Å². The van der Waals surface area contributed by atoms with Gasteiger partial charge in [-0.05, 0) is 68.3 Å². The summed E-state index contributed by atoms with van der Waals surface area (Å²) in [5, 5.41) is 4.95. The first kappa shape index (κ1) is 28.0. The van der Waals surface area contributed by atoms with E-state index in [1.54, 1.807) is 30.3 Å². The molecule has 224 valence electrons. The quantitative estimate of drug-likeness (QED) is 0.245. The minimum atomic E-state index is -4.21. The summed E-state index contributed by atoms with van der Waals surface area (Å²) in [5.41, 5.74) is 10.8. The number of rotatable bonds is 7. The van der Waals surface area contributed by atoms with Gasteiger partial charge in [0.25, 0.3) is 10.0 Å². The van der Waals surface area contributed by atoms with E-state index in [9.17, 15) is 17.6 Å². The van der Waals surface area contributed by atoms with E-state index in [0.29, 0.717) is 42.6 Å². The van der Waals surface area contributed by atoms with Crippen molar-refractivity contribution in [1.29, 1.82) is 0 Å². The van der Waals surface area contributed by atoms with Crippen LogP contribution in [-0.2, 0) is 16.6 Å². The van der Waals surface area contributed by atoms with E-state index in [-0.39, 0.29) is 22.0 Å². The van der Waals surface area contributed by atoms with E-state index >= 15 is 0 Å². The van der Waals surface area contributed by atoms with Gasteiger partial charge in [0, 0.05) is 25.0 Å². The lowest BCUT2D eigenvalue weighted by Crippen LogP contribution is -2.21. The number of hydrogen-bond acceptors (Lipinski definition) is 7. The molecular formula is C32H30FN7O3S. The zero-order valence-electron chi connectivity index (χ0n) is 24.2. The summed E-state index contributed by atoms with van der Waals surface area (Å²) in [5.74, 6) is 0.250. The highest BCUT2D eigenvalue weighted by atomic mass is 32.2. The molecule has 0 amide bonds. The van der Waals surface area contributed by atoms with Crippen LogP contribution in [0.3, 0.4) is 0 Å². The van der Waals surface area contributed by atoms with Crippen molar-refractivity contribution in [2.45, 2.75) is 37.9 Å². The number of ketones is 1. The Hall–Kier alpha value is -4.81. The Bertz CT molecular complexity index is 2180. The summed E-state index contributed by atoms with van der Waals surface area (Å²) in [4.78, 5) is 23.8. The SMILES string of the molecule is Cc1ccc(S(=O)(=O)n2c(C(=O)c3cnn(-c4ccc5[nH]c(C)nc5c4)c3N)cc3ccc(CN4CCC(F)C4)cc32)cc1. The van der Waals surface area contributed by atoms with Crippen LogP contribution in [-0.4, -0.2) is 62.1 Å². The Labute approximate surface area is 253 Å². The van der Waals surface area contributed by atoms with Crippen molar-refractivity contribution in [2.75, 3.05) is 18.8 Å². The zero-order chi connectivity index (χ0) is 30.7. The lowest BCUT2D eigenvalue weighted by atomic mass is 10.1. The molecule has 1 aliphatic rings. The molecule has 0 aliphatic carbocycles. The highest BCUT2D eigenvalue weighted by Crippen LogP contribution is 2.31. The molecule has 1 saturated heterocycles. The van der Waals surface area contributed by atoms with Gasteiger partial charge in [-0.2, -0.15) is 5.10 Å². The average Bonchev–Trinajstić information content (AvgIpc) is 3.77. The number of likely N-dealkylation sites (tertiary alicyclic amines) is 1. The van der Waals surface area contributed by atoms with Crippen molar-refractivity contribution in [3.63, 3.8) is 0 Å². The topological polar surface area (TPSA) is 132 Å². The molecule has 1 atom stereocenters. The molecule has 0 saturated carbocycles. The molecule has 1 unspecified atom stereocenters. The number of nitrogens with one attached hydrogen (secondary N) is 1. The molecule has 3 aromatic heterocycles. The zero-order valence-corrected chi connectivity index (χ0v) is 25.0. The van der Waals surface area contributed by atoms with Crippen LogP contribution in [0.25, 0.3) is 27.6 Å². The van der Waals surface area contributed by atoms with Crippen LogP contribution in [0.5, 0.6) is 0 Å². The number of fused-ring (bicyclic) bond motifs is 2. The van der Waals surface area contributed by atoms with E-state index in [1.165, 1.54) is 23.0 Å². The molecule has 10 nitrogen and oxygen atoms in total. The van der Waals surface area contributed by atoms with Gasteiger partial charge in [-0.1, -0.05) is 29.8 Å². The number of nitrogens with zero attached hydrogens (tertiary/aromatic N) is 5. The van der Waals surface area contributed by atoms with Gasteiger partial charge in [0.1, 0.15) is 23.5 Å². The second-order valence-corrected chi connectivity index (χ2v) is 13.1. The van der Waals surface area contributed by atoms with E-state index in [1.807, 2.05) is 43.0 Å². The minimum absolute atomic E-state index is 0.0473. The highest BCUT2D eigenvalue weighted by Gasteiger charge is 2.30. The monoisotopic (exact) mass is 611 g/mol. The number of aryl methyl sites for hydroxylation is 2. The van der Waals surface area contributed by atoms with Crippen LogP contribution < -0.4 is 5.73 Å². The molecule has 0 radical (unpaired) electrons. The number of H-pyrrole nitrogens is 1. The minimum Gasteiger partial charge on any atom is -0.383 e. The van der Waals surface area contributed by atoms with Crippen LogP contribution in [0.2, 0.25) is 0 Å². The van der Waals surface area contributed by atoms with Gasteiger partial charge in [0.2, 0.25) is 5.78 Å². The summed E-state index contributed by atoms with van der Waals surface area (Å²) in [6.45, 7) is 5.16. The van der Waals surface area contributed by atoms with E-state index in [2.05, 4.69) is 15.1 Å². The van der Waals surface area contributed by atoms with Crippen molar-refractivity contribution in [1.82, 2.24) is 28.6 Å². The van der Waals surface area contributed by atoms with Crippen LogP contribution >= 0.6 is 0 Å². The normalized spacial score (nSPS) is 15.9. The second kappa shape index (κ2) is 10.4. The first-order valence-corrected chi connectivity index (χ1v) is 15.7. The molecule has 12 heteroatoms. The number of alkyl halides is 1. The Morgan fingerprint density at radius 3 is 2.61 bits per heavy atom. The summed E-state index contributed by atoms with van der Waals surface area (Å²) in [6, 6.07) is 19.0. The van der Waals surface area contributed by atoms with Crippen LogP contribution in [0, 0.1) is 13.8 Å². The van der Waals surface area contributed by atoms with Crippen molar-refractivity contribution >= 4 is 43.6 Å². The molecule has 3 N–H and O–H groups in total. The molecule has 7 rings (SSSR count). The lowest BCUT2D eigenvalue weighted by Gasteiger charge is -2.16. The Balaban J connectivity index is 1.34. The lowest BCUT2D eigenvalue weighted by molar-refractivity contribution is 0.103. The summed E-state index contributed by atoms with van der Waals surface area (Å²) >= 11 is 0. The van der Waals surface area contributed by atoms with Gasteiger partial charge in [0.05, 0.1) is 38.9 Å². The van der Waals surface area contributed by atoms with Gasteiger partial charge in [0.15, 0.2) is 0 Å². The third-order valence-electron chi connectivity index (χ3n) is 8.12. The molecule has 3 aromatic carbocycles. The van der Waals surface area contributed by atoms with Gasteiger partial charge in [-0.25, -0.2) is 26.4 Å². The highest BCUT2D eigenvalue weighted by molar-refractivity contribution is 7.90. The number of benzene rings is 3. The number of halogens is 1. The van der Waals surface area contributed by atoms with Crippen molar-refractivity contribution in [3.8, 4) is 5.69 Å². The fourth-order valence-corrected chi connectivity index (χ4v) is 7.37. The number of carbonyl (C=O) groups is 1. The molecule has 44 heavy (non-hydrogen) atoms.